The predicted molar refractivity (Wildman–Crippen MR) is 212 cm³/mol. The second-order valence-electron chi connectivity index (χ2n) is 13.9. The summed E-state index contributed by atoms with van der Waals surface area (Å²) in [5.41, 5.74) is 0. The van der Waals surface area contributed by atoms with Crippen LogP contribution < -0.4 is 0 Å². The van der Waals surface area contributed by atoms with Crippen LogP contribution in [0.3, 0.4) is 0 Å². The van der Waals surface area contributed by atoms with E-state index >= 15 is 0 Å². The van der Waals surface area contributed by atoms with Crippen LogP contribution in [0.4, 0.5) is 0 Å². The molecule has 0 heterocycles. The molecular weight excluding hydrogens is 642 g/mol. The number of hydrogen-bond donors (Lipinski definition) is 1. The molecule has 0 rings (SSSR count). The highest BCUT2D eigenvalue weighted by molar-refractivity contribution is 5.75. The van der Waals surface area contributed by atoms with E-state index in [2.05, 4.69) is 29.0 Å². The summed E-state index contributed by atoms with van der Waals surface area (Å²) in [6.45, 7) is 3.48. The summed E-state index contributed by atoms with van der Waals surface area (Å²) < 4.78 is 9.82. The first kappa shape index (κ1) is 50.8. The smallest absolute Gasteiger partial charge is 0.305 e. The molecule has 0 saturated carbocycles. The van der Waals surface area contributed by atoms with E-state index in [4.69, 9.17) is 9.84 Å². The van der Waals surface area contributed by atoms with Gasteiger partial charge in [0.2, 0.25) is 0 Å². The number of Topliss-reactive ketones (excluding diaryl/α,β-unsaturated/α-hetero) is 1. The second kappa shape index (κ2) is 43.8. The van der Waals surface area contributed by atoms with Gasteiger partial charge in [0.25, 0.3) is 0 Å². The van der Waals surface area contributed by atoms with E-state index in [1.54, 1.807) is 6.92 Å². The number of methoxy groups -OCH3 is 1. The predicted octanol–water partition coefficient (Wildman–Crippen LogP) is 10.4. The molecule has 0 aromatic carbocycles. The third-order valence-corrected chi connectivity index (χ3v) is 8.87. The van der Waals surface area contributed by atoms with Crippen LogP contribution in [0.1, 0.15) is 187 Å². The lowest BCUT2D eigenvalue weighted by Gasteiger charge is -2.14. The Morgan fingerprint density at radius 2 is 0.902 bits per heavy atom. The van der Waals surface area contributed by atoms with E-state index < -0.39 is 0 Å². The van der Waals surface area contributed by atoms with E-state index in [0.29, 0.717) is 44.7 Å². The Balaban J connectivity index is 0. The van der Waals surface area contributed by atoms with Crippen molar-refractivity contribution in [1.82, 2.24) is 4.90 Å². The van der Waals surface area contributed by atoms with Gasteiger partial charge in [-0.25, -0.2) is 0 Å². The Morgan fingerprint density at radius 3 is 1.29 bits per heavy atom. The van der Waals surface area contributed by atoms with E-state index in [9.17, 15) is 19.2 Å². The van der Waals surface area contributed by atoms with Crippen molar-refractivity contribution in [2.75, 3.05) is 40.5 Å². The number of allylic oxidation sites excluding steroid dienone is 4. The quantitative estimate of drug-likeness (QED) is 0.0292. The van der Waals surface area contributed by atoms with Crippen molar-refractivity contribution in [3.63, 3.8) is 0 Å². The van der Waals surface area contributed by atoms with Gasteiger partial charge in [-0.2, -0.15) is 0 Å². The standard InChI is InChI=1S/C23H43NO4.C20H36O3/c1-24(18-21-26)19-22-28-23(27)17-15-13-11-9-7-5-3-2-4-6-8-10-12-14-16-20-25;1-19(21)17-15-13-11-9-7-5-3-4-6-8-10-12-14-16-18-20(22)23-2/h2-3,20,26H,4-19,21-22H2,1H3;3-4H,5-18H2,1-2H3/b3-2+;4-3+. The van der Waals surface area contributed by atoms with Gasteiger partial charge in [0, 0.05) is 38.8 Å². The highest BCUT2D eigenvalue weighted by Crippen LogP contribution is 2.12. The van der Waals surface area contributed by atoms with Crippen LogP contribution in [0.5, 0.6) is 0 Å². The van der Waals surface area contributed by atoms with Crippen LogP contribution >= 0.6 is 0 Å². The van der Waals surface area contributed by atoms with Crippen molar-refractivity contribution in [3.05, 3.63) is 24.3 Å². The van der Waals surface area contributed by atoms with Gasteiger partial charge in [-0.15, -0.1) is 0 Å². The van der Waals surface area contributed by atoms with Crippen molar-refractivity contribution in [3.8, 4) is 0 Å². The minimum Gasteiger partial charge on any atom is -0.469 e. The molecule has 0 unspecified atom stereocenters. The van der Waals surface area contributed by atoms with Crippen LogP contribution in [0.2, 0.25) is 0 Å². The van der Waals surface area contributed by atoms with Gasteiger partial charge in [-0.3, -0.25) is 9.59 Å². The van der Waals surface area contributed by atoms with Gasteiger partial charge in [-0.1, -0.05) is 101 Å². The molecule has 0 aromatic heterocycles. The minimum absolute atomic E-state index is 0.0909. The Labute approximate surface area is 313 Å². The van der Waals surface area contributed by atoms with Crippen LogP contribution in [0.25, 0.3) is 0 Å². The Morgan fingerprint density at radius 1 is 0.529 bits per heavy atom. The number of aliphatic hydroxyl groups excluding tert-OH is 1. The fourth-order valence-corrected chi connectivity index (χ4v) is 5.55. The number of carbonyl (C=O) groups is 4. The van der Waals surface area contributed by atoms with E-state index in [1.165, 1.54) is 116 Å². The summed E-state index contributed by atoms with van der Waals surface area (Å²) in [4.78, 5) is 45.5. The lowest BCUT2D eigenvalue weighted by molar-refractivity contribution is -0.144. The zero-order valence-corrected chi connectivity index (χ0v) is 33.4. The number of esters is 2. The van der Waals surface area contributed by atoms with Crippen LogP contribution in [0, 0.1) is 0 Å². The first-order chi connectivity index (χ1) is 24.9. The van der Waals surface area contributed by atoms with Crippen LogP contribution in [0.15, 0.2) is 24.3 Å². The van der Waals surface area contributed by atoms with Gasteiger partial charge in [0.15, 0.2) is 0 Å². The van der Waals surface area contributed by atoms with Crippen molar-refractivity contribution >= 4 is 24.0 Å². The molecule has 0 aliphatic heterocycles. The monoisotopic (exact) mass is 722 g/mol. The number of unbranched alkanes of at least 4 members (excludes halogenated alkanes) is 21. The lowest BCUT2D eigenvalue weighted by atomic mass is 10.1. The molecule has 298 valence electrons. The fourth-order valence-electron chi connectivity index (χ4n) is 5.55. The van der Waals surface area contributed by atoms with Gasteiger partial charge < -0.3 is 29.1 Å². The van der Waals surface area contributed by atoms with E-state index in [0.717, 1.165) is 57.7 Å². The Kier molecular flexibility index (Phi) is 43.7. The van der Waals surface area contributed by atoms with Crippen molar-refractivity contribution in [1.29, 1.82) is 0 Å². The van der Waals surface area contributed by atoms with Gasteiger partial charge >= 0.3 is 11.9 Å². The number of aliphatic hydroxyl groups is 1. The topological polar surface area (TPSA) is 110 Å². The van der Waals surface area contributed by atoms with Crippen molar-refractivity contribution in [2.24, 2.45) is 0 Å². The fraction of sp³-hybridized carbons (Fsp3) is 0.814. The summed E-state index contributed by atoms with van der Waals surface area (Å²) in [6, 6.07) is 0. The number of likely N-dealkylation sites (N-methyl/N-ethyl adjacent to an activating group) is 1. The maximum Gasteiger partial charge on any atom is 0.305 e. The lowest BCUT2D eigenvalue weighted by Crippen LogP contribution is -2.27. The highest BCUT2D eigenvalue weighted by atomic mass is 16.5. The number of hydrogen-bond acceptors (Lipinski definition) is 8. The first-order valence-corrected chi connectivity index (χ1v) is 20.6. The van der Waals surface area contributed by atoms with Crippen LogP contribution in [-0.2, 0) is 28.7 Å². The molecule has 1 N–H and O–H groups in total. The SMILES string of the molecule is CN(CCO)CCOC(=O)CCCCCCC/C=C/CCCCCCCC=O.COC(=O)CCCCCCC/C=C/CCCCCCCC(C)=O. The normalized spacial score (nSPS) is 11.2. The minimum atomic E-state index is -0.107. The molecule has 0 aromatic rings. The number of rotatable bonds is 37. The van der Waals surface area contributed by atoms with Gasteiger partial charge in [-0.05, 0) is 91.0 Å². The Bertz CT molecular complexity index is 842. The summed E-state index contributed by atoms with van der Waals surface area (Å²) in [5, 5.41) is 8.79. The molecule has 8 nitrogen and oxygen atoms in total. The third kappa shape index (κ3) is 47.7. The zero-order valence-electron chi connectivity index (χ0n) is 33.4. The Hall–Kier alpha value is -2.32. The molecule has 0 amide bonds. The summed E-state index contributed by atoms with van der Waals surface area (Å²) in [6.07, 6.45) is 41.0. The molecule has 0 radical (unpaired) electrons. The molecule has 51 heavy (non-hydrogen) atoms. The largest absolute Gasteiger partial charge is 0.469 e. The molecule has 0 aliphatic rings. The maximum absolute atomic E-state index is 11.6. The third-order valence-electron chi connectivity index (χ3n) is 8.87. The molecule has 0 aliphatic carbocycles. The van der Waals surface area contributed by atoms with Crippen LogP contribution in [-0.4, -0.2) is 74.5 Å². The number of nitrogens with zero attached hydrogens (tertiary/aromatic N) is 1. The molecule has 8 heteroatoms. The first-order valence-electron chi connectivity index (χ1n) is 20.6. The van der Waals surface area contributed by atoms with Gasteiger partial charge in [0.1, 0.15) is 18.7 Å². The number of carbonyl (C=O) groups excluding carboxylic acids is 4. The summed E-state index contributed by atoms with van der Waals surface area (Å²) in [7, 11) is 3.35. The summed E-state index contributed by atoms with van der Waals surface area (Å²) >= 11 is 0. The average Bonchev–Trinajstić information content (AvgIpc) is 3.11. The molecular formula is C43H79NO7. The molecule has 0 spiro atoms. The molecule has 0 fully saturated rings. The average molecular weight is 722 g/mol. The maximum atomic E-state index is 11.6. The van der Waals surface area contributed by atoms with Crippen molar-refractivity contribution in [2.45, 2.75) is 187 Å². The zero-order chi connectivity index (χ0) is 37.9. The summed E-state index contributed by atoms with van der Waals surface area (Å²) in [5.74, 6) is 0.118. The van der Waals surface area contributed by atoms with E-state index in [-0.39, 0.29) is 18.5 Å². The number of aldehydes is 1. The van der Waals surface area contributed by atoms with E-state index in [1.807, 2.05) is 11.9 Å². The van der Waals surface area contributed by atoms with Crippen molar-refractivity contribution < 1.29 is 33.8 Å². The number of ether oxygens (including phenoxy) is 2. The van der Waals surface area contributed by atoms with Gasteiger partial charge in [0.05, 0.1) is 13.7 Å². The molecule has 0 saturated heterocycles. The highest BCUT2D eigenvalue weighted by Gasteiger charge is 2.04. The molecule has 0 atom stereocenters. The second-order valence-corrected chi connectivity index (χ2v) is 13.9. The molecule has 0 bridgehead atoms. The number of ketones is 1.